The summed E-state index contributed by atoms with van der Waals surface area (Å²) in [5, 5.41) is 4.11. The first-order chi connectivity index (χ1) is 11.8. The van der Waals surface area contributed by atoms with E-state index >= 15 is 0 Å². The molecule has 4 rings (SSSR count). The minimum absolute atomic E-state index is 0.0373. The smallest absolute Gasteiger partial charge is 0.266 e. The first-order valence-electron chi connectivity index (χ1n) is 8.61. The van der Waals surface area contributed by atoms with E-state index in [1.165, 1.54) is 23.2 Å². The molecule has 0 unspecified atom stereocenters. The lowest BCUT2D eigenvalue weighted by Crippen LogP contribution is -2.48. The van der Waals surface area contributed by atoms with Gasteiger partial charge in [0.1, 0.15) is 12.1 Å². The summed E-state index contributed by atoms with van der Waals surface area (Å²) in [6.07, 6.45) is 5.88. The molecule has 126 valence electrons. The number of anilines is 1. The third-order valence-electron chi connectivity index (χ3n) is 4.78. The molecule has 3 heterocycles. The van der Waals surface area contributed by atoms with Gasteiger partial charge in [-0.3, -0.25) is 9.69 Å². The summed E-state index contributed by atoms with van der Waals surface area (Å²) in [5.74, 6) is 1.71. The Bertz CT molecular complexity index is 748. The second-order valence-corrected chi connectivity index (χ2v) is 6.49. The summed E-state index contributed by atoms with van der Waals surface area (Å²) in [5.41, 5.74) is 1.15. The topological polar surface area (TPSA) is 67.2 Å². The van der Waals surface area contributed by atoms with Gasteiger partial charge in [0, 0.05) is 62.7 Å². The van der Waals surface area contributed by atoms with E-state index in [9.17, 15) is 4.79 Å². The summed E-state index contributed by atoms with van der Waals surface area (Å²) >= 11 is 0. The standard InChI is InChI=1S/C17H22N6O/c24-17-2-1-5-20-23(17)11-8-21-6-9-22(10-7-21)16-12-15(14-3-4-14)18-13-19-16/h1-2,5,12-14H,3-4,6-11H2. The summed E-state index contributed by atoms with van der Waals surface area (Å²) in [6, 6.07) is 5.38. The van der Waals surface area contributed by atoms with Crippen molar-refractivity contribution >= 4 is 5.82 Å². The second kappa shape index (κ2) is 6.68. The van der Waals surface area contributed by atoms with Crippen molar-refractivity contribution in [3.05, 3.63) is 46.8 Å². The van der Waals surface area contributed by atoms with Gasteiger partial charge in [-0.15, -0.1) is 0 Å². The summed E-state index contributed by atoms with van der Waals surface area (Å²) in [4.78, 5) is 25.2. The Hall–Kier alpha value is -2.28. The van der Waals surface area contributed by atoms with Crippen molar-refractivity contribution in [2.24, 2.45) is 0 Å². The first-order valence-corrected chi connectivity index (χ1v) is 8.61. The highest BCUT2D eigenvalue weighted by molar-refractivity contribution is 5.40. The van der Waals surface area contributed by atoms with E-state index in [1.807, 2.05) is 0 Å². The SMILES string of the molecule is O=c1cccnn1CCN1CCN(c2cc(C3CC3)ncn2)CC1. The zero-order chi connectivity index (χ0) is 16.4. The van der Waals surface area contributed by atoms with Gasteiger partial charge >= 0.3 is 0 Å². The third-order valence-corrected chi connectivity index (χ3v) is 4.78. The maximum absolute atomic E-state index is 11.7. The molecule has 1 saturated carbocycles. The molecule has 2 aliphatic rings. The van der Waals surface area contributed by atoms with Gasteiger partial charge in [0.25, 0.3) is 5.56 Å². The highest BCUT2D eigenvalue weighted by Crippen LogP contribution is 2.39. The monoisotopic (exact) mass is 326 g/mol. The maximum Gasteiger partial charge on any atom is 0.266 e. The van der Waals surface area contributed by atoms with Gasteiger partial charge in [-0.05, 0) is 18.9 Å². The van der Waals surface area contributed by atoms with Crippen molar-refractivity contribution < 1.29 is 0 Å². The van der Waals surface area contributed by atoms with Crippen LogP contribution in [0.3, 0.4) is 0 Å². The van der Waals surface area contributed by atoms with Crippen LogP contribution in [0.15, 0.2) is 35.5 Å². The highest BCUT2D eigenvalue weighted by atomic mass is 16.1. The molecule has 0 radical (unpaired) electrons. The van der Waals surface area contributed by atoms with Crippen molar-refractivity contribution in [2.75, 3.05) is 37.6 Å². The van der Waals surface area contributed by atoms with Crippen LogP contribution >= 0.6 is 0 Å². The molecule has 2 aromatic heterocycles. The molecule has 1 aliphatic heterocycles. The van der Waals surface area contributed by atoms with Crippen LogP contribution in [0.25, 0.3) is 0 Å². The summed E-state index contributed by atoms with van der Waals surface area (Å²) in [6.45, 7) is 5.35. The van der Waals surface area contributed by atoms with Gasteiger partial charge in [0.2, 0.25) is 0 Å². The minimum atomic E-state index is -0.0373. The molecule has 0 amide bonds. The lowest BCUT2D eigenvalue weighted by atomic mass is 10.2. The predicted molar refractivity (Wildman–Crippen MR) is 91.2 cm³/mol. The van der Waals surface area contributed by atoms with E-state index in [2.05, 4.69) is 30.9 Å². The zero-order valence-electron chi connectivity index (χ0n) is 13.7. The average molecular weight is 326 g/mol. The fraction of sp³-hybridized carbons (Fsp3) is 0.529. The lowest BCUT2D eigenvalue weighted by molar-refractivity contribution is 0.242. The Labute approximate surface area is 140 Å². The van der Waals surface area contributed by atoms with E-state index in [0.29, 0.717) is 12.5 Å². The van der Waals surface area contributed by atoms with Gasteiger partial charge in [-0.1, -0.05) is 0 Å². The van der Waals surface area contributed by atoms with Gasteiger partial charge in [0.15, 0.2) is 0 Å². The van der Waals surface area contributed by atoms with E-state index in [1.54, 1.807) is 24.7 Å². The van der Waals surface area contributed by atoms with Crippen molar-refractivity contribution in [1.82, 2.24) is 24.6 Å². The van der Waals surface area contributed by atoms with Crippen molar-refractivity contribution in [3.8, 4) is 0 Å². The molecular weight excluding hydrogens is 304 g/mol. The largest absolute Gasteiger partial charge is 0.354 e. The Morgan fingerprint density at radius 1 is 1.08 bits per heavy atom. The van der Waals surface area contributed by atoms with Crippen LogP contribution in [0.5, 0.6) is 0 Å². The lowest BCUT2D eigenvalue weighted by Gasteiger charge is -2.35. The molecule has 0 bridgehead atoms. The van der Waals surface area contributed by atoms with Gasteiger partial charge in [-0.25, -0.2) is 14.6 Å². The van der Waals surface area contributed by atoms with E-state index < -0.39 is 0 Å². The Morgan fingerprint density at radius 3 is 2.67 bits per heavy atom. The normalized spacial score (nSPS) is 18.8. The minimum Gasteiger partial charge on any atom is -0.354 e. The molecule has 7 heteroatoms. The molecule has 0 aromatic carbocycles. The van der Waals surface area contributed by atoms with Crippen molar-refractivity contribution in [3.63, 3.8) is 0 Å². The number of aromatic nitrogens is 4. The fourth-order valence-corrected chi connectivity index (χ4v) is 3.13. The molecule has 7 nitrogen and oxygen atoms in total. The Morgan fingerprint density at radius 2 is 1.92 bits per heavy atom. The quantitative estimate of drug-likeness (QED) is 0.807. The number of rotatable bonds is 5. The molecule has 1 aliphatic carbocycles. The van der Waals surface area contributed by atoms with Crippen LogP contribution < -0.4 is 10.5 Å². The van der Waals surface area contributed by atoms with Crippen molar-refractivity contribution in [2.45, 2.75) is 25.3 Å². The number of piperazine rings is 1. The van der Waals surface area contributed by atoms with Gasteiger partial charge < -0.3 is 4.90 Å². The molecule has 2 fully saturated rings. The molecule has 0 N–H and O–H groups in total. The summed E-state index contributed by atoms with van der Waals surface area (Å²) in [7, 11) is 0. The number of nitrogens with zero attached hydrogens (tertiary/aromatic N) is 6. The van der Waals surface area contributed by atoms with Crippen molar-refractivity contribution in [1.29, 1.82) is 0 Å². The summed E-state index contributed by atoms with van der Waals surface area (Å²) < 4.78 is 1.53. The van der Waals surface area contributed by atoms with Crippen LogP contribution in [-0.2, 0) is 6.54 Å². The van der Waals surface area contributed by atoms with E-state index in [-0.39, 0.29) is 5.56 Å². The number of hydrogen-bond acceptors (Lipinski definition) is 6. The third kappa shape index (κ3) is 3.46. The molecule has 2 aromatic rings. The highest BCUT2D eigenvalue weighted by Gasteiger charge is 2.26. The molecule has 0 atom stereocenters. The second-order valence-electron chi connectivity index (χ2n) is 6.49. The van der Waals surface area contributed by atoms with Gasteiger partial charge in [0.05, 0.1) is 6.54 Å². The zero-order valence-corrected chi connectivity index (χ0v) is 13.7. The molecule has 24 heavy (non-hydrogen) atoms. The van der Waals surface area contributed by atoms with Crippen LogP contribution in [0, 0.1) is 0 Å². The Balaban J connectivity index is 1.31. The first kappa shape index (κ1) is 15.3. The fourth-order valence-electron chi connectivity index (χ4n) is 3.13. The molecule has 0 spiro atoms. The van der Waals surface area contributed by atoms with Crippen LogP contribution in [0.1, 0.15) is 24.5 Å². The molecular formula is C17H22N6O. The van der Waals surface area contributed by atoms with Crippen LogP contribution in [-0.4, -0.2) is 57.4 Å². The van der Waals surface area contributed by atoms with E-state index in [4.69, 9.17) is 0 Å². The van der Waals surface area contributed by atoms with E-state index in [0.717, 1.165) is 38.5 Å². The number of hydrogen-bond donors (Lipinski definition) is 0. The molecule has 1 saturated heterocycles. The van der Waals surface area contributed by atoms with Crippen LogP contribution in [0.4, 0.5) is 5.82 Å². The predicted octanol–water partition coefficient (Wildman–Crippen LogP) is 0.733. The Kier molecular flexibility index (Phi) is 4.25. The van der Waals surface area contributed by atoms with Gasteiger partial charge in [-0.2, -0.15) is 5.10 Å². The van der Waals surface area contributed by atoms with Crippen LogP contribution in [0.2, 0.25) is 0 Å². The average Bonchev–Trinajstić information content (AvgIpc) is 3.47. The maximum atomic E-state index is 11.7.